The number of aromatic amines is 1. The molecule has 0 aliphatic heterocycles. The number of H-pyrrole nitrogens is 1. The first-order chi connectivity index (χ1) is 14.2. The van der Waals surface area contributed by atoms with E-state index >= 15 is 0 Å². The zero-order valence-electron chi connectivity index (χ0n) is 17.3. The maximum atomic E-state index is 13.1. The number of carbonyl (C=O) groups is 1. The SMILES string of the molecule is COc1cccc(C(=O)NC(=NC(C)(C)C)Nc2cc(-c3ccc(F)cc3)[nH]n2)c1. The molecule has 30 heavy (non-hydrogen) atoms. The Labute approximate surface area is 174 Å². The highest BCUT2D eigenvalue weighted by Gasteiger charge is 2.16. The van der Waals surface area contributed by atoms with E-state index in [0.717, 1.165) is 5.56 Å². The number of benzene rings is 2. The number of aromatic nitrogens is 2. The van der Waals surface area contributed by atoms with Gasteiger partial charge in [-0.05, 0) is 68.8 Å². The van der Waals surface area contributed by atoms with Crippen LogP contribution in [0, 0.1) is 5.82 Å². The second kappa shape index (κ2) is 8.77. The van der Waals surface area contributed by atoms with Crippen LogP contribution in [-0.4, -0.2) is 34.7 Å². The van der Waals surface area contributed by atoms with Crippen LogP contribution in [0.1, 0.15) is 31.1 Å². The van der Waals surface area contributed by atoms with E-state index < -0.39 is 5.54 Å². The summed E-state index contributed by atoms with van der Waals surface area (Å²) in [7, 11) is 1.54. The average Bonchev–Trinajstić information content (AvgIpc) is 3.15. The number of guanidine groups is 1. The quantitative estimate of drug-likeness (QED) is 0.444. The molecule has 156 valence electrons. The van der Waals surface area contributed by atoms with Gasteiger partial charge in [0.1, 0.15) is 11.6 Å². The molecule has 7 nitrogen and oxygen atoms in total. The van der Waals surface area contributed by atoms with Gasteiger partial charge in [0.2, 0.25) is 5.96 Å². The van der Waals surface area contributed by atoms with Crippen LogP contribution in [-0.2, 0) is 0 Å². The Hall–Kier alpha value is -3.68. The van der Waals surface area contributed by atoms with Gasteiger partial charge in [-0.1, -0.05) is 6.07 Å². The number of rotatable bonds is 4. The fourth-order valence-corrected chi connectivity index (χ4v) is 2.65. The van der Waals surface area contributed by atoms with Crippen molar-refractivity contribution in [3.63, 3.8) is 0 Å². The van der Waals surface area contributed by atoms with Crippen LogP contribution in [0.4, 0.5) is 10.2 Å². The Balaban J connectivity index is 1.80. The minimum atomic E-state index is -0.444. The predicted octanol–water partition coefficient (Wildman–Crippen LogP) is 4.22. The maximum absolute atomic E-state index is 13.1. The van der Waals surface area contributed by atoms with E-state index in [1.54, 1.807) is 49.6 Å². The number of halogens is 1. The first-order valence-electron chi connectivity index (χ1n) is 9.37. The first-order valence-corrected chi connectivity index (χ1v) is 9.37. The van der Waals surface area contributed by atoms with E-state index in [1.807, 2.05) is 20.8 Å². The van der Waals surface area contributed by atoms with E-state index in [1.165, 1.54) is 12.1 Å². The van der Waals surface area contributed by atoms with Crippen LogP contribution >= 0.6 is 0 Å². The lowest BCUT2D eigenvalue weighted by molar-refractivity contribution is 0.0976. The molecule has 3 aromatic rings. The lowest BCUT2D eigenvalue weighted by atomic mass is 10.1. The molecule has 0 aliphatic carbocycles. The van der Waals surface area contributed by atoms with Gasteiger partial charge in [-0.2, -0.15) is 5.10 Å². The minimum Gasteiger partial charge on any atom is -0.497 e. The maximum Gasteiger partial charge on any atom is 0.258 e. The van der Waals surface area contributed by atoms with E-state index in [2.05, 4.69) is 25.8 Å². The highest BCUT2D eigenvalue weighted by molar-refractivity contribution is 6.10. The van der Waals surface area contributed by atoms with Crippen LogP contribution in [0.25, 0.3) is 11.3 Å². The number of anilines is 1. The van der Waals surface area contributed by atoms with Crippen molar-refractivity contribution in [2.45, 2.75) is 26.3 Å². The molecule has 3 N–H and O–H groups in total. The average molecular weight is 409 g/mol. The number of nitrogens with zero attached hydrogens (tertiary/aromatic N) is 2. The highest BCUT2D eigenvalue weighted by Crippen LogP contribution is 2.20. The molecule has 0 atom stereocenters. The second-order valence-corrected chi connectivity index (χ2v) is 7.62. The normalized spacial score (nSPS) is 11.8. The molecule has 0 spiro atoms. The van der Waals surface area contributed by atoms with Crippen molar-refractivity contribution < 1.29 is 13.9 Å². The number of hydrogen-bond donors (Lipinski definition) is 3. The summed E-state index contributed by atoms with van der Waals surface area (Å²) in [4.78, 5) is 17.3. The van der Waals surface area contributed by atoms with Gasteiger partial charge in [0, 0.05) is 11.6 Å². The third kappa shape index (κ3) is 5.66. The summed E-state index contributed by atoms with van der Waals surface area (Å²) in [5, 5.41) is 12.9. The van der Waals surface area contributed by atoms with Crippen molar-refractivity contribution in [1.29, 1.82) is 0 Å². The van der Waals surface area contributed by atoms with E-state index in [-0.39, 0.29) is 17.7 Å². The van der Waals surface area contributed by atoms with Gasteiger partial charge < -0.3 is 10.1 Å². The Bertz CT molecular complexity index is 1050. The molecule has 3 rings (SSSR count). The Morgan fingerprint density at radius 3 is 2.53 bits per heavy atom. The fraction of sp³-hybridized carbons (Fsp3) is 0.227. The summed E-state index contributed by atoms with van der Waals surface area (Å²) in [6.45, 7) is 5.75. The number of aliphatic imine (C=N–C) groups is 1. The van der Waals surface area contributed by atoms with Crippen LogP contribution in [0.3, 0.4) is 0 Å². The molecule has 0 bridgehead atoms. The zero-order chi connectivity index (χ0) is 21.7. The van der Waals surface area contributed by atoms with Crippen molar-refractivity contribution in [2.75, 3.05) is 12.4 Å². The summed E-state index contributed by atoms with van der Waals surface area (Å²) in [5.41, 5.74) is 1.48. The Morgan fingerprint density at radius 2 is 1.87 bits per heavy atom. The zero-order valence-corrected chi connectivity index (χ0v) is 17.3. The highest BCUT2D eigenvalue weighted by atomic mass is 19.1. The van der Waals surface area contributed by atoms with Gasteiger partial charge >= 0.3 is 0 Å². The lowest BCUT2D eigenvalue weighted by Crippen LogP contribution is -2.38. The minimum absolute atomic E-state index is 0.257. The van der Waals surface area contributed by atoms with Gasteiger partial charge in [0.25, 0.3) is 5.91 Å². The third-order valence-electron chi connectivity index (χ3n) is 3.99. The fourth-order valence-electron chi connectivity index (χ4n) is 2.65. The van der Waals surface area contributed by atoms with Gasteiger partial charge in [0.05, 0.1) is 18.3 Å². The van der Waals surface area contributed by atoms with Crippen LogP contribution in [0.2, 0.25) is 0 Å². The monoisotopic (exact) mass is 409 g/mol. The molecular weight excluding hydrogens is 385 g/mol. The molecule has 0 aliphatic rings. The van der Waals surface area contributed by atoms with Gasteiger partial charge in [-0.15, -0.1) is 0 Å². The van der Waals surface area contributed by atoms with E-state index in [0.29, 0.717) is 22.8 Å². The van der Waals surface area contributed by atoms with Gasteiger partial charge in [-0.3, -0.25) is 15.2 Å². The smallest absolute Gasteiger partial charge is 0.258 e. The molecule has 0 saturated carbocycles. The topological polar surface area (TPSA) is 91.4 Å². The largest absolute Gasteiger partial charge is 0.497 e. The molecule has 0 fully saturated rings. The number of ether oxygens (including phenoxy) is 1. The molecule has 0 saturated heterocycles. The summed E-state index contributed by atoms with van der Waals surface area (Å²) in [5.74, 6) is 0.659. The molecule has 2 aromatic carbocycles. The van der Waals surface area contributed by atoms with Gasteiger partial charge in [0.15, 0.2) is 5.82 Å². The molecule has 1 aromatic heterocycles. The van der Waals surface area contributed by atoms with Crippen LogP contribution in [0.15, 0.2) is 59.6 Å². The summed E-state index contributed by atoms with van der Waals surface area (Å²) >= 11 is 0. The number of amides is 1. The summed E-state index contributed by atoms with van der Waals surface area (Å²) < 4.78 is 18.3. The Morgan fingerprint density at radius 1 is 1.13 bits per heavy atom. The molecule has 1 amide bonds. The number of carbonyl (C=O) groups excluding carboxylic acids is 1. The second-order valence-electron chi connectivity index (χ2n) is 7.62. The van der Waals surface area contributed by atoms with Crippen molar-refractivity contribution in [3.8, 4) is 17.0 Å². The van der Waals surface area contributed by atoms with Crippen molar-refractivity contribution in [1.82, 2.24) is 15.5 Å². The number of methoxy groups -OCH3 is 1. The van der Waals surface area contributed by atoms with E-state index in [9.17, 15) is 9.18 Å². The van der Waals surface area contributed by atoms with Crippen LogP contribution < -0.4 is 15.4 Å². The van der Waals surface area contributed by atoms with Crippen molar-refractivity contribution in [2.24, 2.45) is 4.99 Å². The molecule has 0 unspecified atom stereocenters. The van der Waals surface area contributed by atoms with E-state index in [4.69, 9.17) is 4.74 Å². The van der Waals surface area contributed by atoms with Crippen molar-refractivity contribution in [3.05, 3.63) is 66.0 Å². The molecule has 0 radical (unpaired) electrons. The van der Waals surface area contributed by atoms with Crippen molar-refractivity contribution >= 4 is 17.7 Å². The third-order valence-corrected chi connectivity index (χ3v) is 3.99. The van der Waals surface area contributed by atoms with Crippen LogP contribution in [0.5, 0.6) is 5.75 Å². The number of nitrogens with one attached hydrogen (secondary N) is 3. The number of hydrogen-bond acceptors (Lipinski definition) is 4. The lowest BCUT2D eigenvalue weighted by Gasteiger charge is -2.17. The summed E-state index contributed by atoms with van der Waals surface area (Å²) in [6.07, 6.45) is 0. The first kappa shape index (κ1) is 21.0. The predicted molar refractivity (Wildman–Crippen MR) is 115 cm³/mol. The molecular formula is C22H24FN5O2. The standard InChI is InChI=1S/C22H24FN5O2/c1-22(2,3)26-21(25-20(29)15-6-5-7-17(12-15)30-4)24-19-13-18(27-28-19)14-8-10-16(23)11-9-14/h5-13H,1-4H3,(H3,24,25,26,27,28,29). The Kier molecular flexibility index (Phi) is 6.15. The van der Waals surface area contributed by atoms with Gasteiger partial charge in [-0.25, -0.2) is 9.38 Å². The summed E-state index contributed by atoms with van der Waals surface area (Å²) in [6, 6.07) is 14.7. The molecule has 1 heterocycles. The molecule has 8 heteroatoms.